The molecule has 1 aliphatic carbocycles. The lowest BCUT2D eigenvalue weighted by Crippen LogP contribution is -2.44. The van der Waals surface area contributed by atoms with Crippen LogP contribution in [0.4, 0.5) is 18.9 Å². The van der Waals surface area contributed by atoms with Crippen LogP contribution in [-0.2, 0) is 36.2 Å². The lowest BCUT2D eigenvalue weighted by Gasteiger charge is -2.32. The first-order valence-corrected chi connectivity index (χ1v) is 13.9. The molecule has 38 heavy (non-hydrogen) atoms. The molecule has 2 aromatic rings. The number of hydrogen-bond acceptors (Lipinski definition) is 5. The molecule has 4 rings (SSSR count). The van der Waals surface area contributed by atoms with E-state index in [0.717, 1.165) is 26.0 Å². The number of carbonyl (C=O) groups is 3. The van der Waals surface area contributed by atoms with Crippen molar-refractivity contribution < 1.29 is 36.0 Å². The van der Waals surface area contributed by atoms with Crippen LogP contribution in [0, 0.1) is 0 Å². The van der Waals surface area contributed by atoms with E-state index in [0.29, 0.717) is 11.1 Å². The summed E-state index contributed by atoms with van der Waals surface area (Å²) in [6, 6.07) is 8.25. The number of anilines is 1. The molecule has 12 heteroatoms. The number of nitrogens with one attached hydrogen (secondary N) is 2. The fourth-order valence-corrected chi connectivity index (χ4v) is 5.23. The molecular formula is C26H28F3N3O5S. The van der Waals surface area contributed by atoms with Crippen molar-refractivity contribution in [2.75, 3.05) is 11.6 Å². The molecule has 0 aromatic heterocycles. The number of hydrogen-bond donors (Lipinski definition) is 2. The smallest absolute Gasteiger partial charge is 0.353 e. The molecule has 1 saturated carbocycles. The van der Waals surface area contributed by atoms with Gasteiger partial charge in [-0.15, -0.1) is 0 Å². The van der Waals surface area contributed by atoms with Crippen molar-refractivity contribution in [2.24, 2.45) is 0 Å². The molecule has 2 N–H and O–H groups in total. The van der Waals surface area contributed by atoms with Gasteiger partial charge in [0.2, 0.25) is 11.8 Å². The maximum Gasteiger partial charge on any atom is 0.398 e. The highest BCUT2D eigenvalue weighted by atomic mass is 32.2. The van der Waals surface area contributed by atoms with Gasteiger partial charge in [-0.3, -0.25) is 14.4 Å². The fourth-order valence-electron chi connectivity index (χ4n) is 4.56. The average molecular weight is 552 g/mol. The molecular weight excluding hydrogens is 523 g/mol. The zero-order valence-electron chi connectivity index (χ0n) is 21.1. The first-order valence-electron chi connectivity index (χ1n) is 12.0. The van der Waals surface area contributed by atoms with Crippen molar-refractivity contribution in [1.29, 1.82) is 0 Å². The average Bonchev–Trinajstić information content (AvgIpc) is 3.52. The standard InChI is InChI=1S/C26H28F3N3O5S/c1-15(33)32-14-16-12-20(38(3,36)37)10-11-21(16)23(32)24(35)31-19-6-4-17(5-7-19)25(2,26(27,28)29)13-22(34)30-18-8-9-18/h4-7,10-12,18,23H,8-9,13-14H2,1-3H3,(H,30,34)(H,31,35). The van der Waals surface area contributed by atoms with Crippen molar-refractivity contribution in [3.8, 4) is 0 Å². The Hall–Kier alpha value is -3.41. The maximum atomic E-state index is 14.1. The summed E-state index contributed by atoms with van der Waals surface area (Å²) in [6.45, 7) is 2.30. The van der Waals surface area contributed by atoms with Gasteiger partial charge in [-0.1, -0.05) is 18.2 Å². The molecule has 0 bridgehead atoms. The van der Waals surface area contributed by atoms with Crippen LogP contribution in [0.1, 0.15) is 55.8 Å². The summed E-state index contributed by atoms with van der Waals surface area (Å²) in [6.07, 6.45) is -2.88. The van der Waals surface area contributed by atoms with Gasteiger partial charge in [-0.2, -0.15) is 13.2 Å². The zero-order chi connectivity index (χ0) is 28.0. The van der Waals surface area contributed by atoms with Gasteiger partial charge >= 0.3 is 6.18 Å². The molecule has 8 nitrogen and oxygen atoms in total. The first-order chi connectivity index (χ1) is 17.6. The Morgan fingerprint density at radius 1 is 1.05 bits per heavy atom. The van der Waals surface area contributed by atoms with Gasteiger partial charge < -0.3 is 15.5 Å². The van der Waals surface area contributed by atoms with Gasteiger partial charge in [-0.05, 0) is 60.7 Å². The third-order valence-electron chi connectivity index (χ3n) is 7.01. The minimum absolute atomic E-state index is 0.0396. The summed E-state index contributed by atoms with van der Waals surface area (Å²) in [5.74, 6) is -1.67. The molecule has 2 atom stereocenters. The van der Waals surface area contributed by atoms with Crippen LogP contribution < -0.4 is 10.6 Å². The van der Waals surface area contributed by atoms with Crippen molar-refractivity contribution >= 4 is 33.2 Å². The summed E-state index contributed by atoms with van der Waals surface area (Å²) < 4.78 is 66.0. The summed E-state index contributed by atoms with van der Waals surface area (Å²) in [4.78, 5) is 39.0. The SMILES string of the molecule is CC(=O)N1Cc2cc(S(C)(=O)=O)ccc2C1C(=O)Nc1ccc(C(C)(CC(=O)NC2CC2)C(F)(F)F)cc1. The predicted molar refractivity (Wildman–Crippen MR) is 133 cm³/mol. The summed E-state index contributed by atoms with van der Waals surface area (Å²) in [5.41, 5.74) is -1.37. The molecule has 1 heterocycles. The van der Waals surface area contributed by atoms with Crippen LogP contribution >= 0.6 is 0 Å². The number of rotatable bonds is 7. The Kier molecular flexibility index (Phi) is 7.06. The second-order valence-corrected chi connectivity index (χ2v) is 12.1. The van der Waals surface area contributed by atoms with E-state index < -0.39 is 51.6 Å². The van der Waals surface area contributed by atoms with E-state index in [4.69, 9.17) is 0 Å². The number of alkyl halides is 3. The van der Waals surface area contributed by atoms with E-state index in [1.807, 2.05) is 0 Å². The normalized spacial score (nSPS) is 18.9. The van der Waals surface area contributed by atoms with E-state index in [1.165, 1.54) is 54.3 Å². The number of sulfone groups is 1. The van der Waals surface area contributed by atoms with E-state index in [2.05, 4.69) is 10.6 Å². The molecule has 1 fully saturated rings. The largest absolute Gasteiger partial charge is 0.398 e. The quantitative estimate of drug-likeness (QED) is 0.546. The number of nitrogens with zero attached hydrogens (tertiary/aromatic N) is 1. The number of carbonyl (C=O) groups excluding carboxylic acids is 3. The first kappa shape index (κ1) is 27.6. The second kappa shape index (κ2) is 9.72. The highest BCUT2D eigenvalue weighted by molar-refractivity contribution is 7.90. The topological polar surface area (TPSA) is 113 Å². The molecule has 3 amide bonds. The van der Waals surface area contributed by atoms with Gasteiger partial charge in [0.05, 0.1) is 10.3 Å². The fraction of sp³-hybridized carbons (Fsp3) is 0.423. The molecule has 2 unspecified atom stereocenters. The minimum Gasteiger partial charge on any atom is -0.353 e. The second-order valence-electron chi connectivity index (χ2n) is 10.1. The van der Waals surface area contributed by atoms with E-state index in [1.54, 1.807) is 0 Å². The Balaban J connectivity index is 1.56. The Labute approximate surface area is 218 Å². The highest BCUT2D eigenvalue weighted by Crippen LogP contribution is 2.44. The number of halogens is 3. The lowest BCUT2D eigenvalue weighted by atomic mass is 9.78. The van der Waals surface area contributed by atoms with Gasteiger partial charge in [0.1, 0.15) is 6.04 Å². The van der Waals surface area contributed by atoms with Crippen LogP contribution in [0.3, 0.4) is 0 Å². The highest BCUT2D eigenvalue weighted by Gasteiger charge is 2.53. The van der Waals surface area contributed by atoms with Gasteiger partial charge in [0.25, 0.3) is 5.91 Å². The summed E-state index contributed by atoms with van der Waals surface area (Å²) in [5, 5.41) is 5.23. The van der Waals surface area contributed by atoms with Crippen molar-refractivity contribution in [3.05, 3.63) is 59.2 Å². The van der Waals surface area contributed by atoms with E-state index in [-0.39, 0.29) is 28.7 Å². The molecule has 204 valence electrons. The number of amides is 3. The maximum absolute atomic E-state index is 14.1. The van der Waals surface area contributed by atoms with Crippen LogP contribution in [0.5, 0.6) is 0 Å². The monoisotopic (exact) mass is 551 g/mol. The Morgan fingerprint density at radius 2 is 1.68 bits per heavy atom. The van der Waals surface area contributed by atoms with Crippen LogP contribution in [0.15, 0.2) is 47.4 Å². The Morgan fingerprint density at radius 3 is 2.21 bits per heavy atom. The number of benzene rings is 2. The summed E-state index contributed by atoms with van der Waals surface area (Å²) in [7, 11) is -3.50. The van der Waals surface area contributed by atoms with Crippen LogP contribution in [0.25, 0.3) is 0 Å². The number of fused-ring (bicyclic) bond motifs is 1. The van der Waals surface area contributed by atoms with Crippen LogP contribution in [-0.4, -0.2) is 49.5 Å². The van der Waals surface area contributed by atoms with Gasteiger partial charge in [-0.25, -0.2) is 8.42 Å². The third kappa shape index (κ3) is 5.54. The molecule has 0 saturated heterocycles. The predicted octanol–water partition coefficient (Wildman–Crippen LogP) is 3.62. The van der Waals surface area contributed by atoms with E-state index >= 15 is 0 Å². The molecule has 0 radical (unpaired) electrons. The van der Waals surface area contributed by atoms with Crippen molar-refractivity contribution in [2.45, 2.75) is 68.2 Å². The van der Waals surface area contributed by atoms with Crippen LogP contribution in [0.2, 0.25) is 0 Å². The molecule has 2 aromatic carbocycles. The van der Waals surface area contributed by atoms with Crippen molar-refractivity contribution in [1.82, 2.24) is 10.2 Å². The summed E-state index contributed by atoms with van der Waals surface area (Å²) >= 11 is 0. The van der Waals surface area contributed by atoms with Gasteiger partial charge in [0, 0.05) is 37.9 Å². The Bertz CT molecular complexity index is 1390. The minimum atomic E-state index is -4.70. The molecule has 2 aliphatic rings. The molecule has 0 spiro atoms. The zero-order valence-corrected chi connectivity index (χ0v) is 21.9. The van der Waals surface area contributed by atoms with Gasteiger partial charge in [0.15, 0.2) is 9.84 Å². The third-order valence-corrected chi connectivity index (χ3v) is 8.12. The van der Waals surface area contributed by atoms with Crippen molar-refractivity contribution in [3.63, 3.8) is 0 Å². The van der Waals surface area contributed by atoms with E-state index in [9.17, 15) is 36.0 Å². The molecule has 1 aliphatic heterocycles. The lowest BCUT2D eigenvalue weighted by molar-refractivity contribution is -0.189.